The van der Waals surface area contributed by atoms with Crippen molar-refractivity contribution in [2.45, 2.75) is 12.7 Å². The van der Waals surface area contributed by atoms with Crippen molar-refractivity contribution in [1.29, 1.82) is 0 Å². The van der Waals surface area contributed by atoms with E-state index in [4.69, 9.17) is 9.47 Å². The minimum absolute atomic E-state index is 0.173. The van der Waals surface area contributed by atoms with Gasteiger partial charge in [-0.15, -0.1) is 13.2 Å². The predicted molar refractivity (Wildman–Crippen MR) is 54.9 cm³/mol. The summed E-state index contributed by atoms with van der Waals surface area (Å²) in [5.41, 5.74) is 0.580. The van der Waals surface area contributed by atoms with Crippen molar-refractivity contribution in [3.63, 3.8) is 0 Å². The van der Waals surface area contributed by atoms with Gasteiger partial charge in [0.25, 0.3) is 6.29 Å². The topological polar surface area (TPSA) is 27.7 Å². The van der Waals surface area contributed by atoms with Crippen LogP contribution >= 0.6 is 15.9 Å². The molecule has 3 nitrogen and oxygen atoms in total. The second kappa shape index (κ2) is 4.48. The highest BCUT2D eigenvalue weighted by Gasteiger charge is 2.32. The lowest BCUT2D eigenvalue weighted by Crippen LogP contribution is -2.17. The van der Waals surface area contributed by atoms with Gasteiger partial charge in [-0.1, -0.05) is 0 Å². The van der Waals surface area contributed by atoms with E-state index in [1.807, 2.05) is 0 Å². The molecule has 0 fully saturated rings. The summed E-state index contributed by atoms with van der Waals surface area (Å²) in [6, 6.07) is 4.07. The molecular weight excluding hydrogens is 305 g/mol. The number of alkyl halides is 3. The summed E-state index contributed by atoms with van der Waals surface area (Å²) < 4.78 is 50.1. The quantitative estimate of drug-likeness (QED) is 0.830. The average Bonchev–Trinajstić information content (AvgIpc) is 2.72. The number of hydrogen-bond acceptors (Lipinski definition) is 3. The lowest BCUT2D eigenvalue weighted by Gasteiger charge is -2.14. The van der Waals surface area contributed by atoms with Crippen molar-refractivity contribution in [2.24, 2.45) is 0 Å². The summed E-state index contributed by atoms with van der Waals surface area (Å²) >= 11 is 2.99. The summed E-state index contributed by atoms with van der Waals surface area (Å²) in [5, 5.41) is 0. The zero-order valence-corrected chi connectivity index (χ0v) is 9.79. The molecule has 1 aromatic carbocycles. The highest BCUT2D eigenvalue weighted by atomic mass is 79.9. The van der Waals surface area contributed by atoms with Crippen LogP contribution in [0.15, 0.2) is 35.2 Å². The molecule has 0 amide bonds. The first-order chi connectivity index (χ1) is 7.96. The van der Waals surface area contributed by atoms with Gasteiger partial charge in [0.15, 0.2) is 0 Å². The van der Waals surface area contributed by atoms with E-state index in [2.05, 4.69) is 20.7 Å². The van der Waals surface area contributed by atoms with Crippen molar-refractivity contribution in [2.75, 3.05) is 0 Å². The molecule has 1 aliphatic rings. The van der Waals surface area contributed by atoms with Crippen LogP contribution in [0.3, 0.4) is 0 Å². The van der Waals surface area contributed by atoms with Crippen LogP contribution < -0.4 is 4.74 Å². The Morgan fingerprint density at radius 2 is 1.82 bits per heavy atom. The van der Waals surface area contributed by atoms with E-state index < -0.39 is 12.7 Å². The zero-order valence-electron chi connectivity index (χ0n) is 8.20. The van der Waals surface area contributed by atoms with E-state index in [1.165, 1.54) is 30.7 Å². The molecule has 92 valence electrons. The Kier molecular flexibility index (Phi) is 3.19. The van der Waals surface area contributed by atoms with Crippen LogP contribution in [0, 0.1) is 0 Å². The van der Waals surface area contributed by atoms with Gasteiger partial charge < -0.3 is 14.2 Å². The molecule has 17 heavy (non-hydrogen) atoms. The molecule has 0 saturated carbocycles. The first-order valence-corrected chi connectivity index (χ1v) is 5.26. The fourth-order valence-electron chi connectivity index (χ4n) is 1.27. The molecule has 0 atom stereocenters. The number of ether oxygens (including phenoxy) is 3. The van der Waals surface area contributed by atoms with Crippen LogP contribution in [0.5, 0.6) is 5.75 Å². The molecular formula is C10H6BrF3O3. The molecule has 2 rings (SSSR count). The van der Waals surface area contributed by atoms with E-state index >= 15 is 0 Å². The SMILES string of the molecule is FC(F)(F)Oc1ccc(C2OC=CO2)cc1Br. The fourth-order valence-corrected chi connectivity index (χ4v) is 1.74. The van der Waals surface area contributed by atoms with E-state index in [0.717, 1.165) is 0 Å². The molecule has 0 unspecified atom stereocenters. The molecule has 1 aliphatic heterocycles. The Morgan fingerprint density at radius 1 is 1.18 bits per heavy atom. The molecule has 0 aliphatic carbocycles. The minimum atomic E-state index is -4.72. The number of halogens is 4. The largest absolute Gasteiger partial charge is 0.573 e. The van der Waals surface area contributed by atoms with E-state index in [1.54, 1.807) is 0 Å². The maximum atomic E-state index is 12.0. The smallest absolute Gasteiger partial charge is 0.455 e. The molecule has 1 aromatic rings. The van der Waals surface area contributed by atoms with Gasteiger partial charge in [-0.25, -0.2) is 0 Å². The summed E-state index contributed by atoms with van der Waals surface area (Å²) in [6.07, 6.45) is -2.63. The van der Waals surface area contributed by atoms with Crippen molar-refractivity contribution < 1.29 is 27.4 Å². The van der Waals surface area contributed by atoms with E-state index in [-0.39, 0.29) is 10.2 Å². The summed E-state index contributed by atoms with van der Waals surface area (Å²) in [6.45, 7) is 0. The second-order valence-electron chi connectivity index (χ2n) is 3.11. The molecule has 0 aromatic heterocycles. The van der Waals surface area contributed by atoms with Gasteiger partial charge in [0.1, 0.15) is 18.3 Å². The van der Waals surface area contributed by atoms with Crippen molar-refractivity contribution in [3.05, 3.63) is 40.8 Å². The van der Waals surface area contributed by atoms with Gasteiger partial charge in [0.2, 0.25) is 0 Å². The summed E-state index contributed by atoms with van der Waals surface area (Å²) in [4.78, 5) is 0. The van der Waals surface area contributed by atoms with Crippen LogP contribution in [0.25, 0.3) is 0 Å². The summed E-state index contributed by atoms with van der Waals surface area (Å²) in [5.74, 6) is -0.313. The van der Waals surface area contributed by atoms with Crippen molar-refractivity contribution >= 4 is 15.9 Å². The molecule has 0 saturated heterocycles. The third kappa shape index (κ3) is 3.06. The van der Waals surface area contributed by atoms with Gasteiger partial charge in [-0.05, 0) is 34.1 Å². The third-order valence-corrected chi connectivity index (χ3v) is 2.53. The number of benzene rings is 1. The maximum absolute atomic E-state index is 12.0. The van der Waals surface area contributed by atoms with E-state index in [9.17, 15) is 13.2 Å². The highest BCUT2D eigenvalue weighted by molar-refractivity contribution is 9.10. The molecule has 0 bridgehead atoms. The highest BCUT2D eigenvalue weighted by Crippen LogP contribution is 2.34. The lowest BCUT2D eigenvalue weighted by molar-refractivity contribution is -0.274. The Hall–Kier alpha value is -1.37. The Bertz CT molecular complexity index is 437. The minimum Gasteiger partial charge on any atom is -0.455 e. The first kappa shape index (κ1) is 12.1. The van der Waals surface area contributed by atoms with Crippen molar-refractivity contribution in [3.8, 4) is 5.75 Å². The molecule has 1 heterocycles. The zero-order chi connectivity index (χ0) is 12.5. The van der Waals surface area contributed by atoms with Crippen molar-refractivity contribution in [1.82, 2.24) is 0 Å². The molecule has 0 radical (unpaired) electrons. The first-order valence-electron chi connectivity index (χ1n) is 4.47. The Morgan fingerprint density at radius 3 is 2.35 bits per heavy atom. The van der Waals surface area contributed by atoms with Gasteiger partial charge in [-0.2, -0.15) is 0 Å². The lowest BCUT2D eigenvalue weighted by atomic mass is 10.2. The number of hydrogen-bond donors (Lipinski definition) is 0. The van der Waals surface area contributed by atoms with Gasteiger partial charge in [0.05, 0.1) is 4.47 Å². The monoisotopic (exact) mass is 310 g/mol. The number of rotatable bonds is 2. The second-order valence-corrected chi connectivity index (χ2v) is 3.97. The fraction of sp³-hybridized carbons (Fsp3) is 0.200. The van der Waals surface area contributed by atoms with Crippen LogP contribution in [0.4, 0.5) is 13.2 Å². The van der Waals surface area contributed by atoms with Gasteiger partial charge in [0, 0.05) is 5.56 Å². The van der Waals surface area contributed by atoms with Crippen LogP contribution in [0.2, 0.25) is 0 Å². The average molecular weight is 311 g/mol. The Balaban J connectivity index is 2.17. The summed E-state index contributed by atoms with van der Waals surface area (Å²) in [7, 11) is 0. The third-order valence-electron chi connectivity index (χ3n) is 1.91. The van der Waals surface area contributed by atoms with E-state index in [0.29, 0.717) is 5.56 Å². The predicted octanol–water partition coefficient (Wildman–Crippen LogP) is 3.86. The van der Waals surface area contributed by atoms with Crippen LogP contribution in [-0.2, 0) is 9.47 Å². The van der Waals surface area contributed by atoms with Gasteiger partial charge in [-0.3, -0.25) is 0 Å². The normalized spacial score (nSPS) is 15.5. The molecule has 7 heteroatoms. The Labute approximate surface area is 103 Å². The van der Waals surface area contributed by atoms with Gasteiger partial charge >= 0.3 is 6.36 Å². The standard InChI is InChI=1S/C10H6BrF3O3/c11-7-5-6(9-15-3-4-16-9)1-2-8(7)17-10(12,13)14/h1-5,9H. The molecule has 0 spiro atoms. The molecule has 0 N–H and O–H groups in total. The van der Waals surface area contributed by atoms with Crippen LogP contribution in [0.1, 0.15) is 11.9 Å². The van der Waals surface area contributed by atoms with Crippen LogP contribution in [-0.4, -0.2) is 6.36 Å². The maximum Gasteiger partial charge on any atom is 0.573 e.